The predicted molar refractivity (Wildman–Crippen MR) is 94.2 cm³/mol. The average Bonchev–Trinajstić information content (AvgIpc) is 2.67. The Labute approximate surface area is 150 Å². The van der Waals surface area contributed by atoms with Crippen molar-refractivity contribution < 1.29 is 25.8 Å². The van der Waals surface area contributed by atoms with Crippen LogP contribution in [0.3, 0.4) is 0 Å². The van der Waals surface area contributed by atoms with Crippen molar-refractivity contribution >= 4 is 23.9 Å². The van der Waals surface area contributed by atoms with Gasteiger partial charge in [-0.25, -0.2) is 0 Å². The Morgan fingerprint density at radius 2 is 1.47 bits per heavy atom. The number of alkyl halides is 1. The first-order valence-electron chi connectivity index (χ1n) is 5.94. The smallest absolute Gasteiger partial charge is 0.668 e. The number of hydrogen-bond acceptors (Lipinski definition) is 0. The third-order valence-corrected chi connectivity index (χ3v) is 6.31. The van der Waals surface area contributed by atoms with Crippen LogP contribution in [-0.2, 0) is 25.8 Å². The molecule has 6 heteroatoms. The summed E-state index contributed by atoms with van der Waals surface area (Å²) in [5.41, 5.74) is 0.939. The number of hydrogen-bond donors (Lipinski definition) is 0. The average molecular weight is 519 g/mol. The van der Waals surface area contributed by atoms with Crippen molar-refractivity contribution in [3.05, 3.63) is 23.4 Å². The van der Waals surface area contributed by atoms with E-state index in [-0.39, 0.29) is 41.2 Å². The largest absolute Gasteiger partial charge is 4.00 e. The van der Waals surface area contributed by atoms with E-state index in [9.17, 15) is 0 Å². The summed E-state index contributed by atoms with van der Waals surface area (Å²) >= 11 is 3.75. The van der Waals surface area contributed by atoms with Crippen LogP contribution in [0.2, 0.25) is 0 Å². The predicted octanol–water partition coefficient (Wildman–Crippen LogP) is 5.06. The maximum absolute atomic E-state index is 4.22. The van der Waals surface area contributed by atoms with Gasteiger partial charge in [-0.05, 0) is 25.2 Å². The molecule has 1 fully saturated rings. The molecule has 114 valence electrons. The summed E-state index contributed by atoms with van der Waals surface area (Å²) in [5.74, 6) is 0. The zero-order chi connectivity index (χ0) is 13.7. The van der Waals surface area contributed by atoms with Crippen LogP contribution < -0.4 is 0 Å². The molecule has 1 saturated carbocycles. The summed E-state index contributed by atoms with van der Waals surface area (Å²) in [6.45, 7) is 2.38. The summed E-state index contributed by atoms with van der Waals surface area (Å²) in [7, 11) is 9.09. The van der Waals surface area contributed by atoms with Crippen molar-refractivity contribution in [1.82, 2.24) is 0 Å². The van der Waals surface area contributed by atoms with E-state index in [0.717, 1.165) is 16.8 Å². The van der Waals surface area contributed by atoms with Crippen LogP contribution in [0.5, 0.6) is 0 Å². The van der Waals surface area contributed by atoms with Gasteiger partial charge in [0.15, 0.2) is 0 Å². The van der Waals surface area contributed by atoms with Gasteiger partial charge < -0.3 is 23.4 Å². The Bertz CT molecular complexity index is 154. The molecule has 0 aliphatic heterocycles. The molecule has 0 aromatic carbocycles. The van der Waals surface area contributed by atoms with Gasteiger partial charge in [0.2, 0.25) is 0 Å². The first-order valence-corrected chi connectivity index (χ1v) is 8.90. The second-order valence-electron chi connectivity index (χ2n) is 4.12. The molecule has 0 aromatic rings. The third-order valence-electron chi connectivity index (χ3n) is 2.33. The molecule has 0 heterocycles. The number of halogens is 1. The number of rotatable bonds is 3. The minimum Gasteiger partial charge on any atom is -0.668 e. The van der Waals surface area contributed by atoms with Gasteiger partial charge in [0.05, 0.1) is 0 Å². The minimum absolute atomic E-state index is 0. The van der Waals surface area contributed by atoms with Gasteiger partial charge in [0.1, 0.15) is 0 Å². The molecule has 19 heavy (non-hydrogen) atoms. The van der Waals surface area contributed by atoms with Crippen molar-refractivity contribution in [2.45, 2.75) is 29.7 Å². The second-order valence-corrected chi connectivity index (χ2v) is 7.76. The molecule has 0 amide bonds. The first-order chi connectivity index (χ1) is 8.08. The standard InChI is InChI=1S/C8H16BrNP.2C2H6N.CH3.Hf/c1-10-6-11(2)8-5-3-4-7(8)9;2*1-3-2;;/h7-8H,3-6H2,1-2H3;2*1-2H3;1H3;/q4*-1;+4. The topological polar surface area (TPSA) is 42.3 Å². The molecule has 0 radical (unpaired) electrons. The van der Waals surface area contributed by atoms with Crippen molar-refractivity contribution in [2.75, 3.05) is 48.2 Å². The fourth-order valence-corrected chi connectivity index (χ4v) is 5.50. The summed E-state index contributed by atoms with van der Waals surface area (Å²) in [5, 5.41) is 11.2. The van der Waals surface area contributed by atoms with Crippen LogP contribution in [-0.4, -0.2) is 58.7 Å². The summed E-state index contributed by atoms with van der Waals surface area (Å²) in [6, 6.07) is 0. The second kappa shape index (κ2) is 21.9. The van der Waals surface area contributed by atoms with Gasteiger partial charge in [-0.2, -0.15) is 35.2 Å². The molecule has 0 aromatic heterocycles. The number of nitrogens with zero attached hydrogens (tertiary/aromatic N) is 3. The molecule has 1 aliphatic rings. The normalized spacial score (nSPS) is 21.6. The Morgan fingerprint density at radius 1 is 1.05 bits per heavy atom. The van der Waals surface area contributed by atoms with Crippen molar-refractivity contribution in [3.63, 3.8) is 0 Å². The quantitative estimate of drug-likeness (QED) is 0.217. The maximum Gasteiger partial charge on any atom is 4.00 e. The van der Waals surface area contributed by atoms with Gasteiger partial charge in [-0.3, -0.25) is 0 Å². The van der Waals surface area contributed by atoms with E-state index in [4.69, 9.17) is 0 Å². The van der Waals surface area contributed by atoms with Crippen molar-refractivity contribution in [3.8, 4) is 0 Å². The molecular formula is C13H31BrHfN3P. The van der Waals surface area contributed by atoms with Crippen molar-refractivity contribution in [1.29, 1.82) is 0 Å². The Balaban J connectivity index is -0.000000122. The fourth-order valence-electron chi connectivity index (χ4n) is 1.72. The minimum atomic E-state index is 0. The van der Waals surface area contributed by atoms with Crippen LogP contribution in [0, 0.1) is 7.43 Å². The molecule has 0 bridgehead atoms. The van der Waals surface area contributed by atoms with E-state index < -0.39 is 0 Å². The van der Waals surface area contributed by atoms with Crippen LogP contribution in [0.15, 0.2) is 0 Å². The van der Waals surface area contributed by atoms with Gasteiger partial charge in [-0.15, -0.1) is 14.2 Å². The monoisotopic (exact) mass is 519 g/mol. The first kappa shape index (κ1) is 28.8. The van der Waals surface area contributed by atoms with Gasteiger partial charge >= 0.3 is 25.8 Å². The Hall–Kier alpha value is 1.66. The van der Waals surface area contributed by atoms with Crippen molar-refractivity contribution in [2.24, 2.45) is 0 Å². The Morgan fingerprint density at radius 3 is 1.74 bits per heavy atom. The molecule has 3 nitrogen and oxygen atoms in total. The molecule has 1 aliphatic carbocycles. The van der Waals surface area contributed by atoms with Crippen LogP contribution >= 0.6 is 23.9 Å². The summed E-state index contributed by atoms with van der Waals surface area (Å²) in [6.07, 6.45) is 5.31. The zero-order valence-electron chi connectivity index (χ0n) is 13.6. The van der Waals surface area contributed by atoms with E-state index in [1.54, 1.807) is 28.2 Å². The Kier molecular flexibility index (Phi) is 33.2. The van der Waals surface area contributed by atoms with E-state index in [0.29, 0.717) is 0 Å². The molecule has 3 atom stereocenters. The zero-order valence-corrected chi connectivity index (χ0v) is 19.7. The third kappa shape index (κ3) is 17.6. The van der Waals surface area contributed by atoms with Crippen LogP contribution in [0.4, 0.5) is 0 Å². The molecule has 0 saturated heterocycles. The molecule has 0 spiro atoms. The summed E-state index contributed by atoms with van der Waals surface area (Å²) < 4.78 is 0. The van der Waals surface area contributed by atoms with Crippen LogP contribution in [0.1, 0.15) is 19.3 Å². The van der Waals surface area contributed by atoms with E-state index >= 15 is 0 Å². The molecular weight excluding hydrogens is 488 g/mol. The van der Waals surface area contributed by atoms with E-state index in [1.807, 2.05) is 7.05 Å². The maximum atomic E-state index is 4.22. The van der Waals surface area contributed by atoms with Gasteiger partial charge in [-0.1, -0.05) is 22.4 Å². The molecule has 1 rings (SSSR count). The SMILES string of the molecule is C[N-]C.C[N-]C.C[N-]CP(C)C1CCCC1Br.[CH3-].[Hf+4]. The van der Waals surface area contributed by atoms with E-state index in [1.165, 1.54) is 19.3 Å². The molecule has 3 unspecified atom stereocenters. The van der Waals surface area contributed by atoms with Gasteiger partial charge in [0.25, 0.3) is 0 Å². The summed E-state index contributed by atoms with van der Waals surface area (Å²) in [4.78, 5) is 0.792. The van der Waals surface area contributed by atoms with E-state index in [2.05, 4.69) is 38.5 Å². The van der Waals surface area contributed by atoms with Crippen LogP contribution in [0.25, 0.3) is 16.0 Å². The molecule has 0 N–H and O–H groups in total. The fraction of sp³-hybridized carbons (Fsp3) is 0.923. The van der Waals surface area contributed by atoms with Gasteiger partial charge in [0, 0.05) is 4.83 Å².